The van der Waals surface area contributed by atoms with Crippen molar-refractivity contribution in [3.63, 3.8) is 0 Å². The first-order valence-corrected chi connectivity index (χ1v) is 12.3. The number of likely N-dealkylation sites (tertiary alicyclic amines) is 1. The zero-order valence-electron chi connectivity index (χ0n) is 20.4. The van der Waals surface area contributed by atoms with Crippen LogP contribution in [0.4, 0.5) is 13.2 Å². The Bertz CT molecular complexity index is 1380. The van der Waals surface area contributed by atoms with Crippen molar-refractivity contribution in [1.29, 1.82) is 0 Å². The van der Waals surface area contributed by atoms with Gasteiger partial charge in [-0.2, -0.15) is 0 Å². The third kappa shape index (κ3) is 6.41. The van der Waals surface area contributed by atoms with Gasteiger partial charge in [0.25, 0.3) is 5.91 Å². The first-order chi connectivity index (χ1) is 18.3. The lowest BCUT2D eigenvalue weighted by Crippen LogP contribution is -2.33. The van der Waals surface area contributed by atoms with Crippen molar-refractivity contribution >= 4 is 17.1 Å². The van der Waals surface area contributed by atoms with Crippen molar-refractivity contribution in [2.75, 3.05) is 26.2 Å². The predicted molar refractivity (Wildman–Crippen MR) is 134 cm³/mol. The van der Waals surface area contributed by atoms with E-state index >= 15 is 0 Å². The van der Waals surface area contributed by atoms with Crippen LogP contribution in [0.25, 0.3) is 16.9 Å². The van der Waals surface area contributed by atoms with Crippen LogP contribution in [-0.4, -0.2) is 57.9 Å². The summed E-state index contributed by atoms with van der Waals surface area (Å²) in [5.41, 5.74) is 3.20. The Morgan fingerprint density at radius 1 is 0.974 bits per heavy atom. The number of aromatic nitrogens is 3. The highest BCUT2D eigenvalue weighted by atomic mass is 19.4. The summed E-state index contributed by atoms with van der Waals surface area (Å²) in [6, 6.07) is 14.5. The molecule has 0 saturated carbocycles. The van der Waals surface area contributed by atoms with E-state index in [1.807, 2.05) is 16.7 Å². The number of rotatable bonds is 9. The molecule has 0 unspecified atom stereocenters. The number of carbonyl (C=O) groups excluding carboxylic acids is 1. The number of halogens is 3. The minimum atomic E-state index is -4.72. The highest BCUT2D eigenvalue weighted by Crippen LogP contribution is 2.24. The van der Waals surface area contributed by atoms with Crippen molar-refractivity contribution < 1.29 is 27.4 Å². The number of ether oxygens (including phenoxy) is 2. The molecule has 0 aliphatic carbocycles. The van der Waals surface area contributed by atoms with E-state index in [9.17, 15) is 18.0 Å². The number of imidazole rings is 1. The van der Waals surface area contributed by atoms with Crippen molar-refractivity contribution in [3.8, 4) is 17.2 Å². The Labute approximate surface area is 217 Å². The second kappa shape index (κ2) is 11.1. The zero-order chi connectivity index (χ0) is 26.5. The number of nitrogens with zero attached hydrogens (tertiary/aromatic N) is 4. The van der Waals surface area contributed by atoms with E-state index in [0.717, 1.165) is 25.3 Å². The van der Waals surface area contributed by atoms with Gasteiger partial charge in [-0.15, -0.1) is 13.2 Å². The fourth-order valence-electron chi connectivity index (χ4n) is 4.31. The number of amides is 1. The Morgan fingerprint density at radius 2 is 1.68 bits per heavy atom. The van der Waals surface area contributed by atoms with Crippen LogP contribution in [0.3, 0.4) is 0 Å². The monoisotopic (exact) mass is 525 g/mol. The van der Waals surface area contributed by atoms with Gasteiger partial charge in [-0.05, 0) is 74.0 Å². The standard InChI is InChI=1S/C27H26F3N5O3/c28-27(29,30)38-23-7-3-19(4-8-23)17-37-22-9-5-21(6-10-22)35-18-33-24-15-20(16-32-25(24)35)26(36)31-11-14-34-12-1-2-13-34/h3-10,15-16,18H,1-2,11-14,17H2,(H,31,36). The summed E-state index contributed by atoms with van der Waals surface area (Å²) in [5.74, 6) is 0.142. The summed E-state index contributed by atoms with van der Waals surface area (Å²) in [5, 5.41) is 2.95. The largest absolute Gasteiger partial charge is 0.573 e. The molecule has 0 atom stereocenters. The molecule has 4 aromatic rings. The molecule has 1 saturated heterocycles. The minimum absolute atomic E-state index is 0.169. The van der Waals surface area contributed by atoms with Crippen LogP contribution in [0.1, 0.15) is 28.8 Å². The number of alkyl halides is 3. The summed E-state index contributed by atoms with van der Waals surface area (Å²) >= 11 is 0. The molecule has 8 nitrogen and oxygen atoms in total. The molecule has 1 N–H and O–H groups in total. The molecule has 3 heterocycles. The van der Waals surface area contributed by atoms with E-state index in [0.29, 0.717) is 34.6 Å². The number of carbonyl (C=O) groups is 1. The van der Waals surface area contributed by atoms with Crippen LogP contribution in [0.2, 0.25) is 0 Å². The number of benzene rings is 2. The van der Waals surface area contributed by atoms with E-state index in [1.165, 1.54) is 37.1 Å². The average molecular weight is 526 g/mol. The number of hydrogen-bond acceptors (Lipinski definition) is 6. The molecule has 0 bridgehead atoms. The lowest BCUT2D eigenvalue weighted by Gasteiger charge is -2.14. The number of nitrogens with one attached hydrogen (secondary N) is 1. The first kappa shape index (κ1) is 25.5. The third-order valence-corrected chi connectivity index (χ3v) is 6.24. The fraction of sp³-hybridized carbons (Fsp3) is 0.296. The fourth-order valence-corrected chi connectivity index (χ4v) is 4.31. The zero-order valence-corrected chi connectivity index (χ0v) is 20.4. The molecule has 0 spiro atoms. The normalized spacial score (nSPS) is 14.1. The maximum atomic E-state index is 12.5. The van der Waals surface area contributed by atoms with Gasteiger partial charge >= 0.3 is 6.36 Å². The van der Waals surface area contributed by atoms with Crippen molar-refractivity contribution in [2.45, 2.75) is 25.8 Å². The van der Waals surface area contributed by atoms with Crippen LogP contribution in [0.15, 0.2) is 67.1 Å². The Hall–Kier alpha value is -4.12. The van der Waals surface area contributed by atoms with Gasteiger partial charge in [0.15, 0.2) is 5.65 Å². The van der Waals surface area contributed by atoms with Crippen LogP contribution in [0, 0.1) is 0 Å². The van der Waals surface area contributed by atoms with Crippen molar-refractivity contribution in [2.24, 2.45) is 0 Å². The molecule has 1 aliphatic rings. The first-order valence-electron chi connectivity index (χ1n) is 12.3. The van der Waals surface area contributed by atoms with Crippen LogP contribution >= 0.6 is 0 Å². The quantitative estimate of drug-likeness (QED) is 0.341. The molecule has 198 valence electrons. The summed E-state index contributed by atoms with van der Waals surface area (Å²) in [6.45, 7) is 3.80. The molecule has 38 heavy (non-hydrogen) atoms. The van der Waals surface area contributed by atoms with E-state index < -0.39 is 6.36 Å². The lowest BCUT2D eigenvalue weighted by atomic mass is 10.2. The molecule has 5 rings (SSSR count). The summed E-state index contributed by atoms with van der Waals surface area (Å²) in [6.07, 6.45) is 0.907. The highest BCUT2D eigenvalue weighted by Gasteiger charge is 2.30. The molecule has 11 heteroatoms. The average Bonchev–Trinajstić information content (AvgIpc) is 3.57. The molecule has 0 radical (unpaired) electrons. The van der Waals surface area contributed by atoms with E-state index in [1.54, 1.807) is 30.7 Å². The second-order valence-electron chi connectivity index (χ2n) is 8.96. The van der Waals surface area contributed by atoms with Gasteiger partial charge in [-0.1, -0.05) is 12.1 Å². The van der Waals surface area contributed by atoms with Gasteiger partial charge in [0.2, 0.25) is 0 Å². The third-order valence-electron chi connectivity index (χ3n) is 6.24. The van der Waals surface area contributed by atoms with Gasteiger partial charge in [0, 0.05) is 25.0 Å². The minimum Gasteiger partial charge on any atom is -0.489 e. The number of fused-ring (bicyclic) bond motifs is 1. The van der Waals surface area contributed by atoms with Crippen molar-refractivity contribution in [3.05, 3.63) is 78.2 Å². The summed E-state index contributed by atoms with van der Waals surface area (Å²) in [4.78, 5) is 23.8. The van der Waals surface area contributed by atoms with Gasteiger partial charge in [0.1, 0.15) is 29.9 Å². The Morgan fingerprint density at radius 3 is 2.39 bits per heavy atom. The van der Waals surface area contributed by atoms with Gasteiger partial charge in [-0.3, -0.25) is 9.36 Å². The van der Waals surface area contributed by atoms with E-state index in [2.05, 4.69) is 24.9 Å². The number of pyridine rings is 1. The lowest BCUT2D eigenvalue weighted by molar-refractivity contribution is -0.274. The van der Waals surface area contributed by atoms with Gasteiger partial charge in [-0.25, -0.2) is 9.97 Å². The smallest absolute Gasteiger partial charge is 0.489 e. The van der Waals surface area contributed by atoms with Crippen LogP contribution in [-0.2, 0) is 6.61 Å². The summed E-state index contributed by atoms with van der Waals surface area (Å²) in [7, 11) is 0. The molecular weight excluding hydrogens is 499 g/mol. The maximum absolute atomic E-state index is 12.5. The topological polar surface area (TPSA) is 81.5 Å². The summed E-state index contributed by atoms with van der Waals surface area (Å²) < 4.78 is 48.3. The molecule has 1 amide bonds. The molecule has 2 aromatic carbocycles. The molecular formula is C27H26F3N5O3. The second-order valence-corrected chi connectivity index (χ2v) is 8.96. The van der Waals surface area contributed by atoms with E-state index in [-0.39, 0.29) is 18.3 Å². The highest BCUT2D eigenvalue weighted by molar-refractivity contribution is 5.96. The molecule has 1 fully saturated rings. The maximum Gasteiger partial charge on any atom is 0.573 e. The predicted octanol–water partition coefficient (Wildman–Crippen LogP) is 4.72. The van der Waals surface area contributed by atoms with Crippen molar-refractivity contribution in [1.82, 2.24) is 24.8 Å². The molecule has 1 aliphatic heterocycles. The number of hydrogen-bond donors (Lipinski definition) is 1. The van der Waals surface area contributed by atoms with E-state index in [4.69, 9.17) is 4.74 Å². The van der Waals surface area contributed by atoms with Crippen LogP contribution in [0.5, 0.6) is 11.5 Å². The van der Waals surface area contributed by atoms with Crippen LogP contribution < -0.4 is 14.8 Å². The SMILES string of the molecule is O=C(NCCN1CCCC1)c1cnc2c(c1)ncn2-c1ccc(OCc2ccc(OC(F)(F)F)cc2)cc1. The van der Waals surface area contributed by atoms with Gasteiger partial charge in [0.05, 0.1) is 5.56 Å². The Balaban J connectivity index is 1.18. The van der Waals surface area contributed by atoms with Gasteiger partial charge < -0.3 is 19.7 Å². The Kier molecular flexibility index (Phi) is 7.45. The molecule has 2 aromatic heterocycles.